The van der Waals surface area contributed by atoms with E-state index < -0.39 is 0 Å². The van der Waals surface area contributed by atoms with Crippen LogP contribution in [0, 0.1) is 0 Å². The van der Waals surface area contributed by atoms with Gasteiger partial charge in [-0.25, -0.2) is 0 Å². The van der Waals surface area contributed by atoms with Gasteiger partial charge in [-0.2, -0.15) is 0 Å². The third-order valence-electron chi connectivity index (χ3n) is 2.45. The van der Waals surface area contributed by atoms with E-state index in [1.807, 2.05) is 6.07 Å². The van der Waals surface area contributed by atoms with E-state index in [1.54, 1.807) is 6.20 Å². The average molecular weight is 205 g/mol. The van der Waals surface area contributed by atoms with E-state index in [-0.39, 0.29) is 0 Å². The molecule has 0 atom stereocenters. The van der Waals surface area contributed by atoms with Crippen molar-refractivity contribution in [3.63, 3.8) is 0 Å². The summed E-state index contributed by atoms with van der Waals surface area (Å²) < 4.78 is 5.67. The van der Waals surface area contributed by atoms with Gasteiger partial charge in [0.2, 0.25) is 0 Å². The van der Waals surface area contributed by atoms with Crippen LogP contribution in [0.2, 0.25) is 0 Å². The summed E-state index contributed by atoms with van der Waals surface area (Å²) in [6, 6.07) is 1.88. The zero-order chi connectivity index (χ0) is 10.8. The van der Waals surface area contributed by atoms with Crippen LogP contribution >= 0.6 is 0 Å². The van der Waals surface area contributed by atoms with Crippen molar-refractivity contribution in [2.24, 2.45) is 0 Å². The van der Waals surface area contributed by atoms with Crippen LogP contribution in [0.15, 0.2) is 12.3 Å². The van der Waals surface area contributed by atoms with Crippen LogP contribution in [0.25, 0.3) is 0 Å². The Morgan fingerprint density at radius 1 is 1.53 bits per heavy atom. The molecule has 3 nitrogen and oxygen atoms in total. The molecule has 0 saturated heterocycles. The summed E-state index contributed by atoms with van der Waals surface area (Å²) in [5.74, 6) is 1.04. The molecule has 1 saturated carbocycles. The number of ether oxygens (including phenoxy) is 1. The molecule has 0 amide bonds. The lowest BCUT2D eigenvalue weighted by molar-refractivity contribution is 0.111. The zero-order valence-electron chi connectivity index (χ0n) is 9.06. The number of hydrogen-bond acceptors (Lipinski definition) is 3. The van der Waals surface area contributed by atoms with Crippen LogP contribution in [0.3, 0.4) is 0 Å². The molecule has 3 heteroatoms. The van der Waals surface area contributed by atoms with Gasteiger partial charge in [-0.15, -0.1) is 0 Å². The van der Waals surface area contributed by atoms with Crippen molar-refractivity contribution in [2.45, 2.75) is 38.7 Å². The standard InChI is InChI=1S/C12H15NO2/c1-8(2)11-5-12(15-10-3-4-10)9(7-14)6-13-11/h5-8,10H,3-4H2,1-2H3. The molecule has 0 radical (unpaired) electrons. The molecule has 2 rings (SSSR count). The van der Waals surface area contributed by atoms with Gasteiger partial charge in [-0.3, -0.25) is 9.78 Å². The van der Waals surface area contributed by atoms with Crippen LogP contribution in [-0.4, -0.2) is 17.4 Å². The maximum absolute atomic E-state index is 10.8. The van der Waals surface area contributed by atoms with E-state index >= 15 is 0 Å². The van der Waals surface area contributed by atoms with Crippen molar-refractivity contribution < 1.29 is 9.53 Å². The largest absolute Gasteiger partial charge is 0.490 e. The Hall–Kier alpha value is -1.38. The molecular formula is C12H15NO2. The predicted octanol–water partition coefficient (Wildman–Crippen LogP) is 2.56. The number of carbonyl (C=O) groups is 1. The lowest BCUT2D eigenvalue weighted by Gasteiger charge is -2.10. The monoisotopic (exact) mass is 205 g/mol. The highest BCUT2D eigenvalue weighted by Gasteiger charge is 2.24. The molecule has 1 fully saturated rings. The summed E-state index contributed by atoms with van der Waals surface area (Å²) >= 11 is 0. The summed E-state index contributed by atoms with van der Waals surface area (Å²) in [4.78, 5) is 15.0. The topological polar surface area (TPSA) is 39.2 Å². The SMILES string of the molecule is CC(C)c1cc(OC2CC2)c(C=O)cn1. The number of hydrogen-bond donors (Lipinski definition) is 0. The Kier molecular flexibility index (Phi) is 2.71. The Labute approximate surface area is 89.5 Å². The Morgan fingerprint density at radius 2 is 2.27 bits per heavy atom. The van der Waals surface area contributed by atoms with Gasteiger partial charge in [0.1, 0.15) is 5.75 Å². The van der Waals surface area contributed by atoms with Crippen molar-refractivity contribution in [1.29, 1.82) is 0 Å². The van der Waals surface area contributed by atoms with E-state index in [2.05, 4.69) is 18.8 Å². The minimum atomic E-state index is 0.311. The van der Waals surface area contributed by atoms with E-state index in [9.17, 15) is 4.79 Å². The Morgan fingerprint density at radius 3 is 2.80 bits per heavy atom. The van der Waals surface area contributed by atoms with Crippen LogP contribution in [0.5, 0.6) is 5.75 Å². The van der Waals surface area contributed by atoms with Crippen molar-refractivity contribution >= 4 is 6.29 Å². The van der Waals surface area contributed by atoms with Crippen LogP contribution in [-0.2, 0) is 0 Å². The van der Waals surface area contributed by atoms with Gasteiger partial charge in [0.25, 0.3) is 0 Å². The normalized spacial score (nSPS) is 15.4. The molecule has 1 heterocycles. The lowest BCUT2D eigenvalue weighted by atomic mass is 10.1. The fourth-order valence-electron chi connectivity index (χ4n) is 1.33. The summed E-state index contributed by atoms with van der Waals surface area (Å²) in [5, 5.41) is 0. The molecule has 15 heavy (non-hydrogen) atoms. The molecule has 1 aromatic heterocycles. The van der Waals surface area contributed by atoms with Gasteiger partial charge in [0, 0.05) is 18.0 Å². The molecule has 0 N–H and O–H groups in total. The maximum Gasteiger partial charge on any atom is 0.155 e. The Balaban J connectivity index is 2.28. The highest BCUT2D eigenvalue weighted by atomic mass is 16.5. The summed E-state index contributed by atoms with van der Waals surface area (Å²) in [6.45, 7) is 4.15. The number of nitrogens with zero attached hydrogens (tertiary/aromatic N) is 1. The van der Waals surface area contributed by atoms with Gasteiger partial charge in [-0.1, -0.05) is 13.8 Å². The number of pyridine rings is 1. The summed E-state index contributed by atoms with van der Waals surface area (Å²) in [6.07, 6.45) is 4.90. The molecular weight excluding hydrogens is 190 g/mol. The first-order chi connectivity index (χ1) is 7.20. The third-order valence-corrected chi connectivity index (χ3v) is 2.45. The van der Waals surface area contributed by atoms with Gasteiger partial charge < -0.3 is 4.74 Å². The molecule has 1 aliphatic carbocycles. The quantitative estimate of drug-likeness (QED) is 0.709. The van der Waals surface area contributed by atoms with Gasteiger partial charge in [-0.05, 0) is 18.8 Å². The minimum absolute atomic E-state index is 0.311. The minimum Gasteiger partial charge on any atom is -0.490 e. The van der Waals surface area contributed by atoms with Crippen molar-refractivity contribution in [1.82, 2.24) is 4.98 Å². The van der Waals surface area contributed by atoms with Crippen LogP contribution in [0.4, 0.5) is 0 Å². The highest BCUT2D eigenvalue weighted by molar-refractivity contribution is 5.78. The first-order valence-corrected chi connectivity index (χ1v) is 5.32. The van der Waals surface area contributed by atoms with Gasteiger partial charge >= 0.3 is 0 Å². The molecule has 0 aliphatic heterocycles. The number of aromatic nitrogens is 1. The van der Waals surface area contributed by atoms with Crippen LogP contribution < -0.4 is 4.74 Å². The molecule has 0 bridgehead atoms. The highest BCUT2D eigenvalue weighted by Crippen LogP contribution is 2.29. The zero-order valence-corrected chi connectivity index (χ0v) is 9.06. The summed E-state index contributed by atoms with van der Waals surface area (Å²) in [5.41, 5.74) is 1.52. The fraction of sp³-hybridized carbons (Fsp3) is 0.500. The van der Waals surface area contributed by atoms with E-state index in [0.29, 0.717) is 23.3 Å². The molecule has 1 aliphatic rings. The smallest absolute Gasteiger partial charge is 0.155 e. The van der Waals surface area contributed by atoms with Crippen molar-refractivity contribution in [3.8, 4) is 5.75 Å². The number of rotatable bonds is 4. The Bertz CT molecular complexity index is 370. The maximum atomic E-state index is 10.8. The van der Waals surface area contributed by atoms with E-state index in [1.165, 1.54) is 0 Å². The molecule has 0 aromatic carbocycles. The van der Waals surface area contributed by atoms with E-state index in [0.717, 1.165) is 24.8 Å². The lowest BCUT2D eigenvalue weighted by Crippen LogP contribution is -2.02. The second-order valence-corrected chi connectivity index (χ2v) is 4.24. The average Bonchev–Trinajstić information content (AvgIpc) is 3.01. The predicted molar refractivity (Wildman–Crippen MR) is 57.4 cm³/mol. The first-order valence-electron chi connectivity index (χ1n) is 5.32. The number of carbonyl (C=O) groups excluding carboxylic acids is 1. The number of aldehydes is 1. The molecule has 0 unspecified atom stereocenters. The van der Waals surface area contributed by atoms with Gasteiger partial charge in [0.15, 0.2) is 6.29 Å². The summed E-state index contributed by atoms with van der Waals surface area (Å²) in [7, 11) is 0. The van der Waals surface area contributed by atoms with Gasteiger partial charge in [0.05, 0.1) is 11.7 Å². The molecule has 1 aromatic rings. The fourth-order valence-corrected chi connectivity index (χ4v) is 1.33. The second-order valence-electron chi connectivity index (χ2n) is 4.24. The van der Waals surface area contributed by atoms with Crippen LogP contribution in [0.1, 0.15) is 48.7 Å². The van der Waals surface area contributed by atoms with E-state index in [4.69, 9.17) is 4.74 Å². The van der Waals surface area contributed by atoms with Crippen molar-refractivity contribution in [2.75, 3.05) is 0 Å². The van der Waals surface area contributed by atoms with Crippen molar-refractivity contribution in [3.05, 3.63) is 23.5 Å². The molecule has 80 valence electrons. The second kappa shape index (κ2) is 4.01. The third kappa shape index (κ3) is 2.35. The first kappa shape index (κ1) is 10.1. The molecule has 0 spiro atoms.